The van der Waals surface area contributed by atoms with Crippen LogP contribution in [-0.2, 0) is 12.8 Å². The number of alkyl halides is 3. The average Bonchev–Trinajstić information content (AvgIpc) is 3.73. The van der Waals surface area contributed by atoms with E-state index in [1.807, 2.05) is 12.3 Å². The molecular weight excluding hydrogens is 852 g/mol. The number of aromatic carboxylic acids is 1. The Balaban J connectivity index is 0.000000441. The zero-order valence-electron chi connectivity index (χ0n) is 40.9. The lowest BCUT2D eigenvalue weighted by molar-refractivity contribution is -0.135. The zero-order chi connectivity index (χ0) is 47.5. The molecule has 2 aromatic heterocycles. The van der Waals surface area contributed by atoms with Gasteiger partial charge in [0.2, 0.25) is 0 Å². The number of carboxylic acid groups (broad SMARTS) is 1. The Morgan fingerprint density at radius 2 is 1.27 bits per heavy atom. The molecule has 2 aromatic carbocycles. The summed E-state index contributed by atoms with van der Waals surface area (Å²) >= 11 is 1.52. The molecule has 0 saturated heterocycles. The number of nitrogen functional groups attached to an aromatic ring is 1. The number of aryl methyl sites for hydroxylation is 2. The van der Waals surface area contributed by atoms with Crippen molar-refractivity contribution in [3.63, 3.8) is 0 Å². The fourth-order valence-electron chi connectivity index (χ4n) is 8.34. The summed E-state index contributed by atoms with van der Waals surface area (Å²) in [6.45, 7) is 8.08. The second-order valence-electron chi connectivity index (χ2n) is 18.8. The first-order chi connectivity index (χ1) is 32.0. The largest absolute Gasteiger partial charge is 0.478 e. The lowest BCUT2D eigenvalue weighted by Crippen LogP contribution is -2.28. The van der Waals surface area contributed by atoms with Crippen LogP contribution in [-0.4, -0.2) is 46.8 Å². The summed E-state index contributed by atoms with van der Waals surface area (Å²) in [5.41, 5.74) is 11.1. The number of rotatable bonds is 34. The SMILES string of the molecule is CCCCCCCCCCN(CCCCCCCCCCC1CC1)CCc1ccc(CCCCCCCCCC(F)(F)F)cc1.Cc1cccc(-c2cnc(N)s2)c1.O=C(O)c1ccoc1. The number of hydrogen-bond acceptors (Lipinski definition) is 6. The molecule has 370 valence electrons. The van der Waals surface area contributed by atoms with Gasteiger partial charge in [-0.15, -0.1) is 0 Å². The second-order valence-corrected chi connectivity index (χ2v) is 19.8. The zero-order valence-corrected chi connectivity index (χ0v) is 41.7. The maximum atomic E-state index is 12.2. The van der Waals surface area contributed by atoms with E-state index in [9.17, 15) is 18.0 Å². The maximum Gasteiger partial charge on any atom is 0.389 e. The summed E-state index contributed by atoms with van der Waals surface area (Å²) in [5, 5.41) is 8.84. The lowest BCUT2D eigenvalue weighted by Gasteiger charge is -2.22. The Hall–Kier alpha value is -3.63. The Bertz CT molecular complexity index is 1760. The predicted molar refractivity (Wildman–Crippen MR) is 273 cm³/mol. The molecule has 1 aliphatic rings. The molecule has 66 heavy (non-hydrogen) atoms. The number of nitrogens with two attached hydrogens (primary N) is 1. The van der Waals surface area contributed by atoms with Crippen molar-refractivity contribution < 1.29 is 27.5 Å². The molecule has 0 unspecified atom stereocenters. The third kappa shape index (κ3) is 29.9. The van der Waals surface area contributed by atoms with E-state index < -0.39 is 18.6 Å². The second kappa shape index (κ2) is 35.5. The Morgan fingerprint density at radius 1 is 0.727 bits per heavy atom. The van der Waals surface area contributed by atoms with E-state index >= 15 is 0 Å². The van der Waals surface area contributed by atoms with Crippen LogP contribution in [0.5, 0.6) is 0 Å². The minimum Gasteiger partial charge on any atom is -0.478 e. The molecule has 2 heterocycles. The number of anilines is 1. The van der Waals surface area contributed by atoms with Crippen molar-refractivity contribution in [2.75, 3.05) is 25.4 Å². The monoisotopic (exact) mass is 938 g/mol. The molecule has 5 rings (SSSR count). The van der Waals surface area contributed by atoms with Crippen LogP contribution in [0.3, 0.4) is 0 Å². The van der Waals surface area contributed by atoms with Crippen LogP contribution in [0.25, 0.3) is 10.4 Å². The Kier molecular flexibility index (Phi) is 30.5. The number of nitrogens with zero attached hydrogens (tertiary/aromatic N) is 2. The van der Waals surface area contributed by atoms with E-state index in [2.05, 4.69) is 70.6 Å². The highest BCUT2D eigenvalue weighted by molar-refractivity contribution is 7.18. The Morgan fingerprint density at radius 3 is 1.76 bits per heavy atom. The van der Waals surface area contributed by atoms with Crippen molar-refractivity contribution in [1.29, 1.82) is 0 Å². The minimum absolute atomic E-state index is 0.185. The van der Waals surface area contributed by atoms with E-state index in [0.717, 1.165) is 42.9 Å². The summed E-state index contributed by atoms with van der Waals surface area (Å²) in [7, 11) is 0. The van der Waals surface area contributed by atoms with Gasteiger partial charge in [-0.2, -0.15) is 13.2 Å². The summed E-state index contributed by atoms with van der Waals surface area (Å²) in [6, 6.07) is 19.0. The van der Waals surface area contributed by atoms with Crippen LogP contribution in [0.1, 0.15) is 207 Å². The van der Waals surface area contributed by atoms with Crippen molar-refractivity contribution in [2.24, 2.45) is 5.92 Å². The van der Waals surface area contributed by atoms with Gasteiger partial charge in [0.05, 0.1) is 16.7 Å². The number of aromatic nitrogens is 1. The number of furan rings is 1. The van der Waals surface area contributed by atoms with Crippen molar-refractivity contribution >= 4 is 22.4 Å². The molecule has 3 N–H and O–H groups in total. The van der Waals surface area contributed by atoms with Crippen LogP contribution in [0, 0.1) is 12.8 Å². The number of carbonyl (C=O) groups is 1. The lowest BCUT2D eigenvalue weighted by atomic mass is 10.0. The van der Waals surface area contributed by atoms with Gasteiger partial charge in [-0.3, -0.25) is 0 Å². The van der Waals surface area contributed by atoms with E-state index in [-0.39, 0.29) is 12.0 Å². The van der Waals surface area contributed by atoms with Crippen LogP contribution in [0.4, 0.5) is 18.3 Å². The van der Waals surface area contributed by atoms with E-state index in [1.54, 1.807) is 0 Å². The Labute approximate surface area is 401 Å². The van der Waals surface area contributed by atoms with Gasteiger partial charge in [0, 0.05) is 19.2 Å². The van der Waals surface area contributed by atoms with E-state index in [0.29, 0.717) is 11.6 Å². The normalized spacial score (nSPS) is 12.5. The first kappa shape index (κ1) is 56.7. The predicted octanol–water partition coefficient (Wildman–Crippen LogP) is 17.5. The molecule has 1 saturated carbocycles. The molecule has 10 heteroatoms. The van der Waals surface area contributed by atoms with Crippen molar-refractivity contribution in [1.82, 2.24) is 9.88 Å². The van der Waals surface area contributed by atoms with Crippen molar-refractivity contribution in [3.8, 4) is 10.4 Å². The molecule has 0 spiro atoms. The number of thiazole rings is 1. The van der Waals surface area contributed by atoms with Gasteiger partial charge in [0.1, 0.15) is 6.26 Å². The summed E-state index contributed by atoms with van der Waals surface area (Å²) in [6.07, 6.45) is 35.5. The molecule has 0 radical (unpaired) electrons. The maximum absolute atomic E-state index is 12.2. The first-order valence-electron chi connectivity index (χ1n) is 25.9. The minimum atomic E-state index is -3.99. The fourth-order valence-corrected chi connectivity index (χ4v) is 9.03. The van der Waals surface area contributed by atoms with Crippen LogP contribution < -0.4 is 5.73 Å². The van der Waals surface area contributed by atoms with Crippen LogP contribution >= 0.6 is 11.3 Å². The topological polar surface area (TPSA) is 92.6 Å². The molecule has 1 aliphatic carbocycles. The standard InChI is InChI=1S/C41H72F3N.C10H10N2S.C5H4O3/c1-2-3-4-5-6-13-18-23-35-45(36-24-19-14-8-7-10-15-20-25-38-27-28-38)37-33-40-31-29-39(30-32-40)26-21-16-11-9-12-17-22-34-41(42,43)44;1-7-3-2-4-8(5-7)9-6-12-10(11)13-9;6-5(7)4-1-2-8-3-4/h29-32,38H,2-28,33-37H2,1H3;2-6H,1H3,(H2,11,12);1-3H,(H,6,7). The highest BCUT2D eigenvalue weighted by atomic mass is 32.1. The molecular formula is C56H86F3N3O3S. The summed E-state index contributed by atoms with van der Waals surface area (Å²) in [4.78, 5) is 17.9. The van der Waals surface area contributed by atoms with Gasteiger partial charge in [0.15, 0.2) is 5.13 Å². The molecule has 4 aromatic rings. The average molecular weight is 938 g/mol. The quantitative estimate of drug-likeness (QED) is 0.0453. The first-order valence-corrected chi connectivity index (χ1v) is 26.7. The number of unbranched alkanes of at least 4 members (excludes halogenated alkanes) is 20. The smallest absolute Gasteiger partial charge is 0.389 e. The van der Waals surface area contributed by atoms with Gasteiger partial charge in [-0.1, -0.05) is 214 Å². The number of carboxylic acids is 1. The summed E-state index contributed by atoms with van der Waals surface area (Å²) < 4.78 is 41.2. The number of hydrogen-bond donors (Lipinski definition) is 2. The van der Waals surface area contributed by atoms with Gasteiger partial charge >= 0.3 is 12.1 Å². The number of benzene rings is 2. The third-order valence-electron chi connectivity index (χ3n) is 12.6. The van der Waals surface area contributed by atoms with Crippen LogP contribution in [0.15, 0.2) is 77.7 Å². The van der Waals surface area contributed by atoms with Gasteiger partial charge in [-0.25, -0.2) is 9.78 Å². The molecule has 0 atom stereocenters. The highest BCUT2D eigenvalue weighted by Crippen LogP contribution is 2.34. The van der Waals surface area contributed by atoms with Crippen LogP contribution in [0.2, 0.25) is 0 Å². The number of halogens is 3. The van der Waals surface area contributed by atoms with Gasteiger partial charge in [0.25, 0.3) is 0 Å². The van der Waals surface area contributed by atoms with E-state index in [4.69, 9.17) is 10.8 Å². The van der Waals surface area contributed by atoms with Gasteiger partial charge < -0.3 is 20.2 Å². The van der Waals surface area contributed by atoms with Crippen molar-refractivity contribution in [3.05, 3.63) is 95.6 Å². The summed E-state index contributed by atoms with van der Waals surface area (Å²) in [5.74, 6) is 0.145. The van der Waals surface area contributed by atoms with Crippen molar-refractivity contribution in [2.45, 2.75) is 206 Å². The molecule has 1 fully saturated rings. The molecule has 0 bridgehead atoms. The van der Waals surface area contributed by atoms with E-state index in [1.165, 1.54) is 207 Å². The highest BCUT2D eigenvalue weighted by Gasteiger charge is 2.25. The molecule has 0 aliphatic heterocycles. The molecule has 6 nitrogen and oxygen atoms in total. The van der Waals surface area contributed by atoms with Gasteiger partial charge in [-0.05, 0) is 87.2 Å². The fraction of sp³-hybridized carbons (Fsp3) is 0.643. The third-order valence-corrected chi connectivity index (χ3v) is 13.5. The molecule has 0 amide bonds.